The fourth-order valence-electron chi connectivity index (χ4n) is 0.892. The van der Waals surface area contributed by atoms with E-state index in [9.17, 15) is 5.11 Å². The van der Waals surface area contributed by atoms with E-state index in [2.05, 4.69) is 15.5 Å². The molecule has 0 atom stereocenters. The summed E-state index contributed by atoms with van der Waals surface area (Å²) in [7, 11) is 0. The molecule has 1 aromatic heterocycles. The monoisotopic (exact) mass is 181 g/mol. The van der Waals surface area contributed by atoms with Gasteiger partial charge in [0.1, 0.15) is 5.82 Å². The summed E-state index contributed by atoms with van der Waals surface area (Å²) < 4.78 is 0. The standard InChI is InChI=1S/C9H15N3O/c1-9(2,13)5-7-10-8-4-3-6-11-12-8/h3-4,6,13H,5,7H2,1-2H3,(H,10,12). The van der Waals surface area contributed by atoms with Crippen molar-refractivity contribution < 1.29 is 5.11 Å². The fourth-order valence-corrected chi connectivity index (χ4v) is 0.892. The van der Waals surface area contributed by atoms with Crippen LogP contribution in [-0.2, 0) is 0 Å². The molecule has 0 aliphatic carbocycles. The molecular weight excluding hydrogens is 166 g/mol. The molecule has 13 heavy (non-hydrogen) atoms. The highest BCUT2D eigenvalue weighted by molar-refractivity contribution is 5.31. The smallest absolute Gasteiger partial charge is 0.148 e. The Balaban J connectivity index is 2.29. The maximum absolute atomic E-state index is 9.42. The van der Waals surface area contributed by atoms with Crippen LogP contribution in [0.1, 0.15) is 20.3 Å². The van der Waals surface area contributed by atoms with Gasteiger partial charge in [0, 0.05) is 12.7 Å². The molecule has 0 fully saturated rings. The molecule has 0 unspecified atom stereocenters. The number of anilines is 1. The number of aromatic nitrogens is 2. The van der Waals surface area contributed by atoms with Crippen molar-refractivity contribution in [2.24, 2.45) is 0 Å². The topological polar surface area (TPSA) is 58.0 Å². The zero-order valence-electron chi connectivity index (χ0n) is 7.99. The normalized spacial score (nSPS) is 11.3. The average Bonchev–Trinajstić information content (AvgIpc) is 2.04. The van der Waals surface area contributed by atoms with Crippen LogP contribution in [0.5, 0.6) is 0 Å². The first-order valence-electron chi connectivity index (χ1n) is 4.32. The van der Waals surface area contributed by atoms with Crippen molar-refractivity contribution >= 4 is 5.82 Å². The summed E-state index contributed by atoms with van der Waals surface area (Å²) >= 11 is 0. The van der Waals surface area contributed by atoms with Crippen molar-refractivity contribution in [3.05, 3.63) is 18.3 Å². The molecular formula is C9H15N3O. The highest BCUT2D eigenvalue weighted by Crippen LogP contribution is 2.07. The predicted molar refractivity (Wildman–Crippen MR) is 51.4 cm³/mol. The summed E-state index contributed by atoms with van der Waals surface area (Å²) in [5, 5.41) is 20.1. The number of nitrogens with zero attached hydrogens (tertiary/aromatic N) is 2. The van der Waals surface area contributed by atoms with Crippen LogP contribution in [0.25, 0.3) is 0 Å². The second kappa shape index (κ2) is 4.18. The van der Waals surface area contributed by atoms with Gasteiger partial charge < -0.3 is 10.4 Å². The molecule has 1 heterocycles. The van der Waals surface area contributed by atoms with Crippen LogP contribution in [0.2, 0.25) is 0 Å². The lowest BCUT2D eigenvalue weighted by Gasteiger charge is -2.16. The number of rotatable bonds is 4. The first-order valence-corrected chi connectivity index (χ1v) is 4.32. The number of aliphatic hydroxyl groups is 1. The zero-order chi connectivity index (χ0) is 9.73. The molecule has 0 aliphatic rings. The van der Waals surface area contributed by atoms with Gasteiger partial charge in [-0.15, -0.1) is 5.10 Å². The molecule has 4 nitrogen and oxygen atoms in total. The number of hydrogen-bond donors (Lipinski definition) is 2. The highest BCUT2D eigenvalue weighted by atomic mass is 16.3. The van der Waals surface area contributed by atoms with E-state index in [-0.39, 0.29) is 0 Å². The molecule has 1 rings (SSSR count). The van der Waals surface area contributed by atoms with Crippen LogP contribution in [0.4, 0.5) is 5.82 Å². The molecule has 0 saturated carbocycles. The summed E-state index contributed by atoms with van der Waals surface area (Å²) in [4.78, 5) is 0. The van der Waals surface area contributed by atoms with E-state index in [0.717, 1.165) is 5.82 Å². The summed E-state index contributed by atoms with van der Waals surface area (Å²) in [6, 6.07) is 3.66. The molecule has 4 heteroatoms. The number of hydrogen-bond acceptors (Lipinski definition) is 4. The molecule has 0 radical (unpaired) electrons. The van der Waals surface area contributed by atoms with Crippen LogP contribution in [0, 0.1) is 0 Å². The second-order valence-electron chi connectivity index (χ2n) is 3.60. The quantitative estimate of drug-likeness (QED) is 0.729. The molecule has 1 aromatic rings. The Morgan fingerprint density at radius 3 is 2.85 bits per heavy atom. The Bertz CT molecular complexity index is 243. The molecule has 0 aromatic carbocycles. The Morgan fingerprint density at radius 1 is 1.54 bits per heavy atom. The number of nitrogens with one attached hydrogen (secondary N) is 1. The third-order valence-electron chi connectivity index (χ3n) is 1.62. The van der Waals surface area contributed by atoms with Crippen LogP contribution in [-0.4, -0.2) is 27.4 Å². The van der Waals surface area contributed by atoms with E-state index in [1.807, 2.05) is 12.1 Å². The van der Waals surface area contributed by atoms with Crippen molar-refractivity contribution in [2.45, 2.75) is 25.9 Å². The highest BCUT2D eigenvalue weighted by Gasteiger charge is 2.11. The maximum atomic E-state index is 9.42. The van der Waals surface area contributed by atoms with Gasteiger partial charge in [-0.25, -0.2) is 0 Å². The third kappa shape index (κ3) is 4.42. The molecule has 0 bridgehead atoms. The Hall–Kier alpha value is -1.16. The van der Waals surface area contributed by atoms with Crippen LogP contribution in [0.3, 0.4) is 0 Å². The average molecular weight is 181 g/mol. The molecule has 0 amide bonds. The Labute approximate surface area is 78.0 Å². The van der Waals surface area contributed by atoms with E-state index >= 15 is 0 Å². The lowest BCUT2D eigenvalue weighted by molar-refractivity contribution is 0.0748. The lowest BCUT2D eigenvalue weighted by atomic mass is 10.1. The minimum atomic E-state index is -0.630. The molecule has 0 saturated heterocycles. The van der Waals surface area contributed by atoms with Gasteiger partial charge in [-0.1, -0.05) is 0 Å². The molecule has 2 N–H and O–H groups in total. The summed E-state index contributed by atoms with van der Waals surface area (Å²) in [5.74, 6) is 0.742. The molecule has 0 aliphatic heterocycles. The summed E-state index contributed by atoms with van der Waals surface area (Å²) in [6.07, 6.45) is 2.31. The van der Waals surface area contributed by atoms with Crippen LogP contribution < -0.4 is 5.32 Å². The molecule has 72 valence electrons. The summed E-state index contributed by atoms with van der Waals surface area (Å²) in [5.41, 5.74) is -0.630. The SMILES string of the molecule is CC(C)(O)CCNc1cccnn1. The van der Waals surface area contributed by atoms with E-state index in [4.69, 9.17) is 0 Å². The van der Waals surface area contributed by atoms with Gasteiger partial charge in [-0.05, 0) is 32.4 Å². The minimum absolute atomic E-state index is 0.630. The van der Waals surface area contributed by atoms with Crippen molar-refractivity contribution in [3.8, 4) is 0 Å². The predicted octanol–water partition coefficient (Wildman–Crippen LogP) is 1.05. The van der Waals surface area contributed by atoms with Crippen molar-refractivity contribution in [1.82, 2.24) is 10.2 Å². The lowest BCUT2D eigenvalue weighted by Crippen LogP contribution is -2.22. The van der Waals surface area contributed by atoms with Crippen molar-refractivity contribution in [2.75, 3.05) is 11.9 Å². The van der Waals surface area contributed by atoms with Gasteiger partial charge in [0.15, 0.2) is 0 Å². The summed E-state index contributed by atoms with van der Waals surface area (Å²) in [6.45, 7) is 4.26. The van der Waals surface area contributed by atoms with Gasteiger partial charge >= 0.3 is 0 Å². The van der Waals surface area contributed by atoms with Gasteiger partial charge in [0.25, 0.3) is 0 Å². The zero-order valence-corrected chi connectivity index (χ0v) is 7.99. The van der Waals surface area contributed by atoms with Gasteiger partial charge in [-0.2, -0.15) is 5.10 Å². The third-order valence-corrected chi connectivity index (χ3v) is 1.62. The minimum Gasteiger partial charge on any atom is -0.390 e. The van der Waals surface area contributed by atoms with E-state index in [1.54, 1.807) is 20.0 Å². The first-order chi connectivity index (χ1) is 6.08. The maximum Gasteiger partial charge on any atom is 0.148 e. The van der Waals surface area contributed by atoms with E-state index < -0.39 is 5.60 Å². The van der Waals surface area contributed by atoms with E-state index in [1.165, 1.54) is 0 Å². The van der Waals surface area contributed by atoms with Crippen molar-refractivity contribution in [1.29, 1.82) is 0 Å². The van der Waals surface area contributed by atoms with Crippen LogP contribution >= 0.6 is 0 Å². The van der Waals surface area contributed by atoms with E-state index in [0.29, 0.717) is 13.0 Å². The largest absolute Gasteiger partial charge is 0.390 e. The van der Waals surface area contributed by atoms with Crippen LogP contribution in [0.15, 0.2) is 18.3 Å². The van der Waals surface area contributed by atoms with Gasteiger partial charge in [0.2, 0.25) is 0 Å². The second-order valence-corrected chi connectivity index (χ2v) is 3.60. The van der Waals surface area contributed by atoms with Crippen molar-refractivity contribution in [3.63, 3.8) is 0 Å². The van der Waals surface area contributed by atoms with Gasteiger partial charge in [0.05, 0.1) is 5.60 Å². The fraction of sp³-hybridized carbons (Fsp3) is 0.556. The molecule has 0 spiro atoms. The Kier molecular flexibility index (Phi) is 3.19. The Morgan fingerprint density at radius 2 is 2.31 bits per heavy atom. The first kappa shape index (κ1) is 9.92. The van der Waals surface area contributed by atoms with Gasteiger partial charge in [-0.3, -0.25) is 0 Å².